The van der Waals surface area contributed by atoms with Gasteiger partial charge in [0.05, 0.1) is 12.3 Å². The predicted octanol–water partition coefficient (Wildman–Crippen LogP) is 1.72. The summed E-state index contributed by atoms with van der Waals surface area (Å²) in [5, 5.41) is 7.53. The Bertz CT molecular complexity index is 474. The van der Waals surface area contributed by atoms with E-state index in [1.54, 1.807) is 11.0 Å². The summed E-state index contributed by atoms with van der Waals surface area (Å²) in [6.07, 6.45) is 4.38. The van der Waals surface area contributed by atoms with Crippen LogP contribution in [0.2, 0.25) is 0 Å². The fraction of sp³-hybridized carbons (Fsp3) is 0.385. The number of ether oxygens (including phenoxy) is 1. The van der Waals surface area contributed by atoms with Crippen molar-refractivity contribution in [2.24, 2.45) is 5.92 Å². The number of hydrogen-bond donors (Lipinski definition) is 1. The van der Waals surface area contributed by atoms with Crippen molar-refractivity contribution < 1.29 is 4.74 Å². The molecular weight excluding hydrogens is 228 g/mol. The number of nitrogens with one attached hydrogen (secondary N) is 1. The van der Waals surface area contributed by atoms with Crippen LogP contribution in [-0.4, -0.2) is 34.5 Å². The molecule has 1 atom stereocenters. The molecule has 1 aliphatic heterocycles. The summed E-state index contributed by atoms with van der Waals surface area (Å²) in [4.78, 5) is 3.93. The zero-order valence-corrected chi connectivity index (χ0v) is 10.1. The molecule has 0 radical (unpaired) electrons. The summed E-state index contributed by atoms with van der Waals surface area (Å²) in [5.74, 6) is 0.639. The van der Waals surface area contributed by atoms with Gasteiger partial charge in [-0.25, -0.2) is 9.67 Å². The highest BCUT2D eigenvalue weighted by Gasteiger charge is 2.14. The van der Waals surface area contributed by atoms with Crippen LogP contribution in [0, 0.1) is 5.92 Å². The van der Waals surface area contributed by atoms with Gasteiger partial charge in [-0.05, 0) is 30.7 Å². The minimum absolute atomic E-state index is 0.639. The molecule has 0 amide bonds. The fourth-order valence-corrected chi connectivity index (χ4v) is 2.08. The van der Waals surface area contributed by atoms with E-state index >= 15 is 0 Å². The number of benzene rings is 1. The zero-order chi connectivity index (χ0) is 12.2. The second kappa shape index (κ2) is 5.18. The lowest BCUT2D eigenvalue weighted by atomic mass is 10.1. The second-order valence-corrected chi connectivity index (χ2v) is 4.50. The monoisotopic (exact) mass is 244 g/mol. The first-order chi connectivity index (χ1) is 8.92. The smallest absolute Gasteiger partial charge is 0.138 e. The van der Waals surface area contributed by atoms with Crippen molar-refractivity contribution >= 4 is 5.69 Å². The molecule has 1 saturated heterocycles. The molecule has 5 heteroatoms. The topological polar surface area (TPSA) is 52.0 Å². The first kappa shape index (κ1) is 11.2. The lowest BCUT2D eigenvalue weighted by molar-refractivity contribution is 0.187. The van der Waals surface area contributed by atoms with E-state index in [4.69, 9.17) is 4.74 Å². The molecular formula is C13H16N4O. The summed E-state index contributed by atoms with van der Waals surface area (Å²) in [5.41, 5.74) is 2.15. The Kier molecular flexibility index (Phi) is 3.23. The number of aromatic nitrogens is 3. The predicted molar refractivity (Wildman–Crippen MR) is 68.8 cm³/mol. The molecule has 94 valence electrons. The Morgan fingerprint density at radius 2 is 2.22 bits per heavy atom. The minimum Gasteiger partial charge on any atom is -0.385 e. The maximum absolute atomic E-state index is 5.36. The molecule has 1 aromatic heterocycles. The molecule has 0 bridgehead atoms. The van der Waals surface area contributed by atoms with Crippen LogP contribution >= 0.6 is 0 Å². The molecule has 0 aliphatic carbocycles. The zero-order valence-electron chi connectivity index (χ0n) is 10.1. The minimum atomic E-state index is 0.639. The van der Waals surface area contributed by atoms with Gasteiger partial charge in [0, 0.05) is 24.8 Å². The average Bonchev–Trinajstić information content (AvgIpc) is 3.10. The fourth-order valence-electron chi connectivity index (χ4n) is 2.08. The molecule has 2 heterocycles. The lowest BCUT2D eigenvalue weighted by Crippen LogP contribution is -2.13. The Balaban J connectivity index is 1.60. The van der Waals surface area contributed by atoms with Crippen molar-refractivity contribution in [3.63, 3.8) is 0 Å². The van der Waals surface area contributed by atoms with E-state index in [1.165, 1.54) is 6.33 Å². The highest BCUT2D eigenvalue weighted by atomic mass is 16.5. The van der Waals surface area contributed by atoms with E-state index in [-0.39, 0.29) is 0 Å². The SMILES string of the molecule is c1ncn(-c2ccc(NCC3CCOC3)cc2)n1. The second-order valence-electron chi connectivity index (χ2n) is 4.50. The molecule has 0 saturated carbocycles. The Morgan fingerprint density at radius 1 is 1.33 bits per heavy atom. The molecule has 18 heavy (non-hydrogen) atoms. The molecule has 1 aromatic carbocycles. The van der Waals surface area contributed by atoms with E-state index in [1.807, 2.05) is 12.1 Å². The van der Waals surface area contributed by atoms with Gasteiger partial charge in [-0.15, -0.1) is 0 Å². The van der Waals surface area contributed by atoms with E-state index in [2.05, 4.69) is 27.5 Å². The Labute approximate surface area is 106 Å². The summed E-state index contributed by atoms with van der Waals surface area (Å²) >= 11 is 0. The molecule has 1 fully saturated rings. The van der Waals surface area contributed by atoms with Crippen molar-refractivity contribution in [2.45, 2.75) is 6.42 Å². The van der Waals surface area contributed by atoms with Crippen LogP contribution in [-0.2, 0) is 4.74 Å². The number of anilines is 1. The number of rotatable bonds is 4. The average molecular weight is 244 g/mol. The van der Waals surface area contributed by atoms with Crippen LogP contribution in [0.25, 0.3) is 5.69 Å². The summed E-state index contributed by atoms with van der Waals surface area (Å²) in [6.45, 7) is 2.75. The van der Waals surface area contributed by atoms with E-state index < -0.39 is 0 Å². The normalized spacial score (nSPS) is 19.0. The van der Waals surface area contributed by atoms with E-state index in [9.17, 15) is 0 Å². The molecule has 2 aromatic rings. The van der Waals surface area contributed by atoms with Crippen molar-refractivity contribution in [3.05, 3.63) is 36.9 Å². The van der Waals surface area contributed by atoms with Gasteiger partial charge in [-0.2, -0.15) is 5.10 Å². The highest BCUT2D eigenvalue weighted by molar-refractivity contribution is 5.48. The molecule has 1 aliphatic rings. The van der Waals surface area contributed by atoms with Gasteiger partial charge < -0.3 is 10.1 Å². The van der Waals surface area contributed by atoms with Gasteiger partial charge >= 0.3 is 0 Å². The highest BCUT2D eigenvalue weighted by Crippen LogP contribution is 2.16. The maximum Gasteiger partial charge on any atom is 0.138 e. The van der Waals surface area contributed by atoms with Crippen molar-refractivity contribution in [1.82, 2.24) is 14.8 Å². The van der Waals surface area contributed by atoms with Crippen LogP contribution in [0.5, 0.6) is 0 Å². The summed E-state index contributed by atoms with van der Waals surface area (Å²) in [7, 11) is 0. The van der Waals surface area contributed by atoms with Gasteiger partial charge in [0.25, 0.3) is 0 Å². The standard InChI is InChI=1S/C13H16N4O/c1-3-13(17-10-14-9-16-17)4-2-12(1)15-7-11-5-6-18-8-11/h1-4,9-11,15H,5-8H2. The van der Waals surface area contributed by atoms with Gasteiger partial charge in [-0.1, -0.05) is 0 Å². The van der Waals surface area contributed by atoms with Crippen LogP contribution in [0.15, 0.2) is 36.9 Å². The molecule has 1 unspecified atom stereocenters. The Morgan fingerprint density at radius 3 is 2.89 bits per heavy atom. The van der Waals surface area contributed by atoms with E-state index in [0.29, 0.717) is 5.92 Å². The van der Waals surface area contributed by atoms with Gasteiger partial charge in [-0.3, -0.25) is 0 Å². The van der Waals surface area contributed by atoms with Crippen LogP contribution in [0.1, 0.15) is 6.42 Å². The third-order valence-corrected chi connectivity index (χ3v) is 3.17. The third-order valence-electron chi connectivity index (χ3n) is 3.17. The van der Waals surface area contributed by atoms with Crippen LogP contribution in [0.4, 0.5) is 5.69 Å². The quantitative estimate of drug-likeness (QED) is 0.889. The van der Waals surface area contributed by atoms with Crippen molar-refractivity contribution in [2.75, 3.05) is 25.1 Å². The maximum atomic E-state index is 5.36. The molecule has 3 rings (SSSR count). The van der Waals surface area contributed by atoms with Gasteiger partial charge in [0.1, 0.15) is 12.7 Å². The third kappa shape index (κ3) is 2.51. The molecule has 1 N–H and O–H groups in total. The first-order valence-electron chi connectivity index (χ1n) is 6.18. The number of hydrogen-bond acceptors (Lipinski definition) is 4. The van der Waals surface area contributed by atoms with E-state index in [0.717, 1.165) is 37.6 Å². The summed E-state index contributed by atoms with van der Waals surface area (Å²) in [6, 6.07) is 8.18. The first-order valence-corrected chi connectivity index (χ1v) is 6.18. The number of nitrogens with zero attached hydrogens (tertiary/aromatic N) is 3. The van der Waals surface area contributed by atoms with Crippen molar-refractivity contribution in [3.8, 4) is 5.69 Å². The molecule has 0 spiro atoms. The lowest BCUT2D eigenvalue weighted by Gasteiger charge is -2.11. The van der Waals surface area contributed by atoms with Crippen LogP contribution in [0.3, 0.4) is 0 Å². The van der Waals surface area contributed by atoms with Crippen molar-refractivity contribution in [1.29, 1.82) is 0 Å². The Hall–Kier alpha value is -1.88. The molecule has 5 nitrogen and oxygen atoms in total. The van der Waals surface area contributed by atoms with Crippen LogP contribution < -0.4 is 5.32 Å². The van der Waals surface area contributed by atoms with Gasteiger partial charge in [0.2, 0.25) is 0 Å². The largest absolute Gasteiger partial charge is 0.385 e. The summed E-state index contributed by atoms with van der Waals surface area (Å²) < 4.78 is 7.10. The van der Waals surface area contributed by atoms with Gasteiger partial charge in [0.15, 0.2) is 0 Å².